The quantitative estimate of drug-likeness (QED) is 0.519. The molecule has 1 unspecified atom stereocenters. The molecule has 0 heteroatoms. The van der Waals surface area contributed by atoms with E-state index in [0.29, 0.717) is 5.92 Å². The fourth-order valence-electron chi connectivity index (χ4n) is 0.272. The molecule has 0 fully saturated rings. The van der Waals surface area contributed by atoms with E-state index in [1.54, 1.807) is 0 Å². The van der Waals surface area contributed by atoms with Gasteiger partial charge < -0.3 is 0 Å². The average molecular weight is 172 g/mol. The number of hydrogen-bond donors (Lipinski definition) is 0. The Hall–Kier alpha value is -0.260. The fourth-order valence-corrected chi connectivity index (χ4v) is 0.272. The van der Waals surface area contributed by atoms with E-state index in [9.17, 15) is 0 Å². The third-order valence-corrected chi connectivity index (χ3v) is 1.42. The maximum absolute atomic E-state index is 3.68. The molecule has 12 heavy (non-hydrogen) atoms. The normalized spacial score (nSPS) is 10.3. The lowest BCUT2D eigenvalue weighted by Crippen LogP contribution is -1.97. The van der Waals surface area contributed by atoms with E-state index in [1.165, 1.54) is 6.42 Å². The van der Waals surface area contributed by atoms with Gasteiger partial charge in [-0.25, -0.2) is 0 Å². The lowest BCUT2D eigenvalue weighted by Gasteiger charge is -2.07. The van der Waals surface area contributed by atoms with Crippen LogP contribution in [-0.4, -0.2) is 0 Å². The van der Waals surface area contributed by atoms with Crippen LogP contribution in [0.1, 0.15) is 54.9 Å². The van der Waals surface area contributed by atoms with Gasteiger partial charge in [0.25, 0.3) is 0 Å². The van der Waals surface area contributed by atoms with Crippen molar-refractivity contribution in [2.45, 2.75) is 54.9 Å². The summed E-state index contributed by atoms with van der Waals surface area (Å²) >= 11 is 0. The highest BCUT2D eigenvalue weighted by atomic mass is 14.0. The van der Waals surface area contributed by atoms with Crippen LogP contribution < -0.4 is 0 Å². The number of hydrogen-bond acceptors (Lipinski definition) is 0. The molecule has 0 aromatic heterocycles. The van der Waals surface area contributed by atoms with Crippen molar-refractivity contribution in [2.75, 3.05) is 0 Å². The van der Waals surface area contributed by atoms with Gasteiger partial charge in [-0.1, -0.05) is 61.0 Å². The molecule has 0 aromatic rings. The minimum absolute atomic E-state index is 0.667. The van der Waals surface area contributed by atoms with Crippen LogP contribution in [-0.2, 0) is 0 Å². The van der Waals surface area contributed by atoms with Gasteiger partial charge in [0.1, 0.15) is 0 Å². The Bertz CT molecular complexity index is 62.4. The van der Waals surface area contributed by atoms with E-state index in [0.717, 1.165) is 5.92 Å². The molecule has 76 valence electrons. The van der Waals surface area contributed by atoms with E-state index in [-0.39, 0.29) is 0 Å². The van der Waals surface area contributed by atoms with Gasteiger partial charge in [0.15, 0.2) is 0 Å². The van der Waals surface area contributed by atoms with E-state index in [2.05, 4.69) is 41.2 Å². The van der Waals surface area contributed by atoms with Crippen molar-refractivity contribution in [1.82, 2.24) is 0 Å². The van der Waals surface area contributed by atoms with Gasteiger partial charge in [-0.15, -0.1) is 6.58 Å². The Morgan fingerprint density at radius 2 is 1.33 bits per heavy atom. The van der Waals surface area contributed by atoms with Crippen LogP contribution in [0.3, 0.4) is 0 Å². The van der Waals surface area contributed by atoms with Crippen molar-refractivity contribution in [3.8, 4) is 0 Å². The van der Waals surface area contributed by atoms with Gasteiger partial charge in [-0.05, 0) is 11.8 Å². The smallest absolute Gasteiger partial charge is 0.0242 e. The minimum Gasteiger partial charge on any atom is -0.103 e. The zero-order valence-electron chi connectivity index (χ0n) is 10.1. The molecule has 0 saturated heterocycles. The summed E-state index contributed by atoms with van der Waals surface area (Å²) in [6.45, 7) is 18.5. The highest BCUT2D eigenvalue weighted by Gasteiger charge is 1.98. The van der Waals surface area contributed by atoms with Crippen molar-refractivity contribution in [1.29, 1.82) is 0 Å². The summed E-state index contributed by atoms with van der Waals surface area (Å²) in [6.07, 6.45) is 3.24. The number of allylic oxidation sites excluding steroid dienone is 1. The Morgan fingerprint density at radius 3 is 1.33 bits per heavy atom. The standard InChI is InChI=1S/C7H14.C3H8.C2H6/c1-5-7(4)6(2)3;1-3-2;1-2/h5-7H,1H2,2-4H3;3H2,1-2H3;1-2H3. The van der Waals surface area contributed by atoms with Crippen molar-refractivity contribution in [3.63, 3.8) is 0 Å². The molecule has 0 aliphatic carbocycles. The van der Waals surface area contributed by atoms with Crippen LogP contribution in [0, 0.1) is 11.8 Å². The van der Waals surface area contributed by atoms with Crippen molar-refractivity contribution >= 4 is 0 Å². The van der Waals surface area contributed by atoms with Crippen molar-refractivity contribution in [3.05, 3.63) is 12.7 Å². The van der Waals surface area contributed by atoms with Crippen LogP contribution in [0.4, 0.5) is 0 Å². The second-order valence-corrected chi connectivity index (χ2v) is 3.05. The van der Waals surface area contributed by atoms with E-state index < -0.39 is 0 Å². The third-order valence-electron chi connectivity index (χ3n) is 1.42. The summed E-state index contributed by atoms with van der Waals surface area (Å²) in [4.78, 5) is 0. The van der Waals surface area contributed by atoms with Gasteiger partial charge in [-0.3, -0.25) is 0 Å². The SMILES string of the molecule is C=CC(C)C(C)C.CC.CCC. The van der Waals surface area contributed by atoms with Gasteiger partial charge >= 0.3 is 0 Å². The fraction of sp³-hybridized carbons (Fsp3) is 0.833. The Kier molecular flexibility index (Phi) is 25.1. The molecule has 0 aromatic carbocycles. The first-order valence-electron chi connectivity index (χ1n) is 5.22. The van der Waals surface area contributed by atoms with Gasteiger partial charge in [0, 0.05) is 0 Å². The van der Waals surface area contributed by atoms with Crippen LogP contribution in [0.5, 0.6) is 0 Å². The first kappa shape index (κ1) is 17.7. The van der Waals surface area contributed by atoms with Crippen molar-refractivity contribution < 1.29 is 0 Å². The summed E-state index contributed by atoms with van der Waals surface area (Å²) in [7, 11) is 0. The summed E-state index contributed by atoms with van der Waals surface area (Å²) < 4.78 is 0. The van der Waals surface area contributed by atoms with Crippen LogP contribution in [0.25, 0.3) is 0 Å². The zero-order chi connectivity index (χ0) is 10.6. The molecule has 0 bridgehead atoms. The minimum atomic E-state index is 0.667. The molecule has 0 rings (SSSR count). The third kappa shape index (κ3) is 22.6. The summed E-state index contributed by atoms with van der Waals surface area (Å²) in [5.74, 6) is 1.41. The maximum atomic E-state index is 3.68. The highest BCUT2D eigenvalue weighted by Crippen LogP contribution is 2.08. The molecule has 0 spiro atoms. The molecular formula is C12H28. The van der Waals surface area contributed by atoms with Gasteiger partial charge in [0.2, 0.25) is 0 Å². The largest absolute Gasteiger partial charge is 0.103 e. The van der Waals surface area contributed by atoms with Crippen LogP contribution in [0.15, 0.2) is 12.7 Å². The monoisotopic (exact) mass is 172 g/mol. The van der Waals surface area contributed by atoms with E-state index in [1.807, 2.05) is 19.9 Å². The Balaban J connectivity index is -0.000000137. The molecule has 0 amide bonds. The second-order valence-electron chi connectivity index (χ2n) is 3.05. The first-order chi connectivity index (χ1) is 5.59. The molecular weight excluding hydrogens is 144 g/mol. The molecule has 0 radical (unpaired) electrons. The lowest BCUT2D eigenvalue weighted by molar-refractivity contribution is 0.505. The van der Waals surface area contributed by atoms with Crippen molar-refractivity contribution in [2.24, 2.45) is 11.8 Å². The Morgan fingerprint density at radius 1 is 1.08 bits per heavy atom. The number of rotatable bonds is 2. The summed E-state index contributed by atoms with van der Waals surface area (Å²) in [6, 6.07) is 0. The average Bonchev–Trinajstić information content (AvgIpc) is 2.08. The zero-order valence-corrected chi connectivity index (χ0v) is 10.1. The topological polar surface area (TPSA) is 0 Å². The molecule has 0 heterocycles. The molecule has 0 aliphatic heterocycles. The lowest BCUT2D eigenvalue weighted by atomic mass is 9.99. The molecule has 0 aliphatic rings. The molecule has 0 saturated carbocycles. The highest BCUT2D eigenvalue weighted by molar-refractivity contribution is 4.76. The molecule has 0 nitrogen and oxygen atoms in total. The summed E-state index contributed by atoms with van der Waals surface area (Å²) in [5, 5.41) is 0. The van der Waals surface area contributed by atoms with E-state index in [4.69, 9.17) is 0 Å². The maximum Gasteiger partial charge on any atom is -0.0242 e. The predicted octanol–water partition coefficient (Wildman–Crippen LogP) is 4.91. The van der Waals surface area contributed by atoms with Crippen LogP contribution in [0.2, 0.25) is 0 Å². The Labute approximate surface area is 80.1 Å². The predicted molar refractivity (Wildman–Crippen MR) is 61.5 cm³/mol. The van der Waals surface area contributed by atoms with Gasteiger partial charge in [-0.2, -0.15) is 0 Å². The molecule has 0 N–H and O–H groups in total. The summed E-state index contributed by atoms with van der Waals surface area (Å²) in [5.41, 5.74) is 0. The van der Waals surface area contributed by atoms with Crippen LogP contribution >= 0.6 is 0 Å². The second kappa shape index (κ2) is 17.0. The van der Waals surface area contributed by atoms with Gasteiger partial charge in [0.05, 0.1) is 0 Å². The first-order valence-corrected chi connectivity index (χ1v) is 5.22. The molecule has 1 atom stereocenters. The van der Waals surface area contributed by atoms with E-state index >= 15 is 0 Å².